The van der Waals surface area contributed by atoms with Gasteiger partial charge in [0.2, 0.25) is 0 Å². The van der Waals surface area contributed by atoms with Gasteiger partial charge in [-0.25, -0.2) is 23.2 Å². The van der Waals surface area contributed by atoms with E-state index >= 15 is 0 Å². The average molecular weight is 1130 g/mol. The van der Waals surface area contributed by atoms with Crippen molar-refractivity contribution in [2.75, 3.05) is 39.6 Å². The van der Waals surface area contributed by atoms with Gasteiger partial charge in [-0.15, -0.1) is 6.42 Å². The third kappa shape index (κ3) is 31.7. The summed E-state index contributed by atoms with van der Waals surface area (Å²) in [5.74, 6) is 8.67. The van der Waals surface area contributed by atoms with Crippen LogP contribution in [0.15, 0.2) is 60.7 Å². The van der Waals surface area contributed by atoms with Crippen molar-refractivity contribution in [3.05, 3.63) is 87.0 Å². The molecule has 72 heavy (non-hydrogen) atoms. The highest BCUT2D eigenvalue weighted by molar-refractivity contribution is 14.1. The molecule has 3 rings (SSSR count). The number of amides is 3. The number of carbonyl (C=O) groups is 3. The Bertz CT molecular complexity index is 2160. The van der Waals surface area contributed by atoms with Crippen LogP contribution in [0.3, 0.4) is 0 Å². The van der Waals surface area contributed by atoms with Crippen LogP contribution in [0.25, 0.3) is 0 Å². The van der Waals surface area contributed by atoms with Crippen LogP contribution in [0, 0.1) is 39.4 Å². The third-order valence-corrected chi connectivity index (χ3v) is 9.70. The average Bonchev–Trinajstić information content (AvgIpc) is 3.29. The Kier molecular flexibility index (Phi) is 32.8. The molecule has 15 nitrogen and oxygen atoms in total. The number of hydrogen-bond donors (Lipinski definition) is 6. The number of benzene rings is 3. The number of halogens is 3. The van der Waals surface area contributed by atoms with Gasteiger partial charge in [-0.1, -0.05) is 68.9 Å². The lowest BCUT2D eigenvalue weighted by Crippen LogP contribution is -2.39. The molecule has 0 saturated heterocycles. The van der Waals surface area contributed by atoms with Crippen molar-refractivity contribution >= 4 is 40.9 Å². The highest BCUT2D eigenvalue weighted by Crippen LogP contribution is 2.24. The van der Waals surface area contributed by atoms with Gasteiger partial charge in [-0.2, -0.15) is 0 Å². The number of aliphatic hydroxyl groups excluding tert-OH is 3. The Hall–Kier alpha value is -5.54. The maximum Gasteiger partial charge on any atom is 0.408 e. The third-order valence-electron chi connectivity index (χ3n) is 8.66. The summed E-state index contributed by atoms with van der Waals surface area (Å²) in [7, 11) is 0. The van der Waals surface area contributed by atoms with Crippen molar-refractivity contribution in [2.45, 2.75) is 150 Å². The molecule has 0 unspecified atom stereocenters. The number of aliphatic hydroxyl groups is 3. The Balaban J connectivity index is 0.000000975. The zero-order valence-corrected chi connectivity index (χ0v) is 46.2. The fourth-order valence-corrected chi connectivity index (χ4v) is 5.92. The molecule has 3 amide bonds. The van der Waals surface area contributed by atoms with Crippen LogP contribution in [0.4, 0.5) is 23.2 Å². The molecule has 0 saturated carbocycles. The second kappa shape index (κ2) is 35.6. The second-order valence-electron chi connectivity index (χ2n) is 18.4. The van der Waals surface area contributed by atoms with Crippen molar-refractivity contribution < 1.29 is 66.9 Å². The number of nitrogens with one attached hydrogen (secondary N) is 3. The summed E-state index contributed by atoms with van der Waals surface area (Å²) in [5, 5.41) is 34.3. The lowest BCUT2D eigenvalue weighted by molar-refractivity contribution is 0.0492. The summed E-state index contributed by atoms with van der Waals surface area (Å²) in [5.41, 5.74) is -0.405. The van der Waals surface area contributed by atoms with Gasteiger partial charge in [0.1, 0.15) is 71.1 Å². The van der Waals surface area contributed by atoms with Gasteiger partial charge >= 0.3 is 18.3 Å². The molecule has 3 aromatic carbocycles. The highest BCUT2D eigenvalue weighted by Gasteiger charge is 2.21. The molecular formula is C54H78F2IN3O12. The first-order chi connectivity index (χ1) is 33.8. The summed E-state index contributed by atoms with van der Waals surface area (Å²) >= 11 is 1.86. The molecule has 0 fully saturated rings. The minimum atomic E-state index is -0.605. The number of rotatable bonds is 18. The minimum absolute atomic E-state index is 0.00782. The van der Waals surface area contributed by atoms with Crippen molar-refractivity contribution in [3.8, 4) is 41.4 Å². The van der Waals surface area contributed by atoms with Crippen molar-refractivity contribution in [1.82, 2.24) is 16.0 Å². The maximum absolute atomic E-state index is 14.0. The first-order valence-corrected chi connectivity index (χ1v) is 24.8. The topological polar surface area (TPSA) is 203 Å². The quantitative estimate of drug-likeness (QED) is 0.0400. The Morgan fingerprint density at radius 3 is 1.51 bits per heavy atom. The molecule has 3 atom stereocenters. The van der Waals surface area contributed by atoms with Gasteiger partial charge < -0.3 is 59.7 Å². The number of aryl methyl sites for hydroxylation is 1. The fraction of sp³-hybridized carbons (Fsp3) is 0.537. The number of carbonyl (C=O) groups excluding carboxylic acids is 3. The van der Waals surface area contributed by atoms with Crippen LogP contribution in [-0.4, -0.2) is 108 Å². The van der Waals surface area contributed by atoms with E-state index in [1.165, 1.54) is 18.2 Å². The molecule has 402 valence electrons. The van der Waals surface area contributed by atoms with E-state index in [0.717, 1.165) is 30.6 Å². The number of para-hydroxylation sites is 1. The molecule has 0 aliphatic carbocycles. The molecule has 3 aromatic rings. The van der Waals surface area contributed by atoms with E-state index < -0.39 is 40.8 Å². The molecule has 6 N–H and O–H groups in total. The normalized spacial score (nSPS) is 12.0. The SMILES string of the molecule is C#C[C@@H](CC)NC(=O)OC(C)(C)C.CC[C@H](C#Cc1c(F)cccc1OCCO)NC(=O)OC(C)(C)C.CC[C@H](CCc1ccccc1OCCO)NC(=O)OC(C)(C)C.OCCOc1cccc(F)c1I. The van der Waals surface area contributed by atoms with Crippen LogP contribution in [0.5, 0.6) is 17.2 Å². The Morgan fingerprint density at radius 1 is 0.611 bits per heavy atom. The molecule has 0 heterocycles. The molecule has 18 heteroatoms. The van der Waals surface area contributed by atoms with E-state index in [2.05, 4.69) is 33.7 Å². The summed E-state index contributed by atoms with van der Waals surface area (Å²) in [6.07, 6.45) is 7.42. The summed E-state index contributed by atoms with van der Waals surface area (Å²) in [4.78, 5) is 34.8. The van der Waals surface area contributed by atoms with Gasteiger partial charge in [0.25, 0.3) is 0 Å². The van der Waals surface area contributed by atoms with Crippen LogP contribution in [0.2, 0.25) is 0 Å². The second-order valence-corrected chi connectivity index (χ2v) is 19.5. The lowest BCUT2D eigenvalue weighted by atomic mass is 10.0. The number of ether oxygens (including phenoxy) is 6. The van der Waals surface area contributed by atoms with E-state index in [0.29, 0.717) is 22.2 Å². The van der Waals surface area contributed by atoms with E-state index in [4.69, 9.17) is 50.2 Å². The monoisotopic (exact) mass is 1130 g/mol. The highest BCUT2D eigenvalue weighted by atomic mass is 127. The van der Waals surface area contributed by atoms with Crippen molar-refractivity contribution in [2.24, 2.45) is 0 Å². The number of alkyl carbamates (subject to hydrolysis) is 3. The van der Waals surface area contributed by atoms with Crippen molar-refractivity contribution in [3.63, 3.8) is 0 Å². The minimum Gasteiger partial charge on any atom is -0.491 e. The summed E-state index contributed by atoms with van der Waals surface area (Å²) in [6.45, 7) is 22.3. The van der Waals surface area contributed by atoms with E-state index in [-0.39, 0.29) is 74.9 Å². The van der Waals surface area contributed by atoms with Crippen LogP contribution in [-0.2, 0) is 20.6 Å². The molecule has 0 aromatic heterocycles. The maximum atomic E-state index is 14.0. The number of hydrogen-bond acceptors (Lipinski definition) is 12. The van der Waals surface area contributed by atoms with Gasteiger partial charge in [-0.3, -0.25) is 0 Å². The van der Waals surface area contributed by atoms with Gasteiger partial charge in [0, 0.05) is 6.04 Å². The smallest absolute Gasteiger partial charge is 0.408 e. The largest absolute Gasteiger partial charge is 0.491 e. The predicted molar refractivity (Wildman–Crippen MR) is 284 cm³/mol. The van der Waals surface area contributed by atoms with E-state index in [1.54, 1.807) is 39.0 Å². The Morgan fingerprint density at radius 2 is 1.04 bits per heavy atom. The van der Waals surface area contributed by atoms with Gasteiger partial charge in [0.15, 0.2) is 0 Å². The Labute approximate surface area is 439 Å². The summed E-state index contributed by atoms with van der Waals surface area (Å²) in [6, 6.07) is 16.1. The zero-order chi connectivity index (χ0) is 54.9. The van der Waals surface area contributed by atoms with Crippen molar-refractivity contribution in [1.29, 1.82) is 0 Å². The van der Waals surface area contributed by atoms with E-state index in [1.807, 2.05) is 109 Å². The number of terminal acetylenes is 1. The molecule has 0 aliphatic rings. The van der Waals surface area contributed by atoms with Crippen LogP contribution >= 0.6 is 22.6 Å². The molecular weight excluding hydrogens is 1050 g/mol. The zero-order valence-electron chi connectivity index (χ0n) is 44.0. The molecule has 0 bridgehead atoms. The van der Waals surface area contributed by atoms with Crippen LogP contribution in [0.1, 0.15) is 120 Å². The van der Waals surface area contributed by atoms with E-state index in [9.17, 15) is 23.2 Å². The predicted octanol–water partition coefficient (Wildman–Crippen LogP) is 9.87. The standard InChI is InChI=1S/C18H24FNO4.C18H29NO4.C10H17NO2.C8H8FIO2/c1-5-13(20-17(22)24-18(2,3)4)9-10-14-15(19)7-6-8-16(14)23-12-11-21;1-5-15(19-17(21)23-18(2,3)4)11-10-14-8-6-7-9-16(14)22-13-12-20;1-6-8(7-2)11-9(12)13-10(3,4)5;9-6-2-1-3-7(8(6)10)12-5-4-11/h6-8,13,21H,5,11-12H2,1-4H3,(H,20,22);6-9,15,20H,5,10-13H2,1-4H3,(H,19,21);1,8H,7H2,2-5H3,(H,11,12);1-3,11H,4-5H2/t13-;15-;8-;/m110./s1. The lowest BCUT2D eigenvalue weighted by Gasteiger charge is -2.23. The summed E-state index contributed by atoms with van der Waals surface area (Å²) < 4.78 is 58.6. The van der Waals surface area contributed by atoms with Gasteiger partial charge in [-0.05, 0) is 153 Å². The first-order valence-electron chi connectivity index (χ1n) is 23.7. The molecule has 0 aliphatic heterocycles. The molecule has 0 radical (unpaired) electrons. The molecule has 0 spiro atoms. The van der Waals surface area contributed by atoms with Crippen LogP contribution < -0.4 is 30.2 Å². The van der Waals surface area contributed by atoms with Gasteiger partial charge in [0.05, 0.1) is 35.5 Å². The first kappa shape index (κ1) is 66.5. The fourth-order valence-electron chi connectivity index (χ4n) is 5.40.